The first-order chi connectivity index (χ1) is 7.07. The van der Waals surface area contributed by atoms with E-state index in [1.807, 2.05) is 30.3 Å². The summed E-state index contributed by atoms with van der Waals surface area (Å²) >= 11 is 0.902. The summed E-state index contributed by atoms with van der Waals surface area (Å²) in [6.07, 6.45) is 1.13. The molecule has 0 N–H and O–H groups in total. The summed E-state index contributed by atoms with van der Waals surface area (Å²) in [6.45, 7) is 0. The molecule has 6 heteroatoms. The molecule has 0 saturated carbocycles. The van der Waals surface area contributed by atoms with E-state index in [-0.39, 0.29) is 4.34 Å². The normalized spacial score (nSPS) is 11.5. The zero-order chi connectivity index (χ0) is 10.9. The number of rotatable bonds is 2. The predicted octanol–water partition coefficient (Wildman–Crippen LogP) is 1.61. The Hall–Kier alpha value is -1.27. The minimum atomic E-state index is -3.25. The van der Waals surface area contributed by atoms with Gasteiger partial charge in [-0.3, -0.25) is 0 Å². The molecule has 0 radical (unpaired) electrons. The second kappa shape index (κ2) is 3.71. The van der Waals surface area contributed by atoms with Crippen LogP contribution in [0.15, 0.2) is 34.7 Å². The number of benzene rings is 1. The molecule has 0 saturated heterocycles. The number of sulfone groups is 1. The van der Waals surface area contributed by atoms with Gasteiger partial charge in [-0.2, -0.15) is 4.37 Å². The highest BCUT2D eigenvalue weighted by molar-refractivity contribution is 7.92. The van der Waals surface area contributed by atoms with Crippen molar-refractivity contribution in [3.05, 3.63) is 30.3 Å². The molecule has 0 aliphatic carbocycles. The standard InChI is InChI=1S/C9H8N2O2S2/c1-15(12,13)9-10-8(11-14-9)7-5-3-2-4-6-7/h2-6H,1H3. The molecule has 2 rings (SSSR count). The lowest BCUT2D eigenvalue weighted by molar-refractivity contribution is 0.601. The van der Waals surface area contributed by atoms with Crippen molar-refractivity contribution in [2.45, 2.75) is 4.34 Å². The van der Waals surface area contributed by atoms with Crippen molar-refractivity contribution in [2.24, 2.45) is 0 Å². The summed E-state index contributed by atoms with van der Waals surface area (Å²) in [5.74, 6) is 0.459. The predicted molar refractivity (Wildman–Crippen MR) is 58.5 cm³/mol. The van der Waals surface area contributed by atoms with Crippen LogP contribution in [0.1, 0.15) is 0 Å². The Balaban J connectivity index is 2.46. The summed E-state index contributed by atoms with van der Waals surface area (Å²) in [4.78, 5) is 3.97. The fourth-order valence-electron chi connectivity index (χ4n) is 1.06. The van der Waals surface area contributed by atoms with Crippen molar-refractivity contribution in [3.8, 4) is 11.4 Å². The van der Waals surface area contributed by atoms with Crippen molar-refractivity contribution in [1.82, 2.24) is 9.36 Å². The molecule has 1 aromatic heterocycles. The van der Waals surface area contributed by atoms with Crippen molar-refractivity contribution in [3.63, 3.8) is 0 Å². The van der Waals surface area contributed by atoms with Crippen molar-refractivity contribution >= 4 is 21.4 Å². The van der Waals surface area contributed by atoms with Crippen LogP contribution in [0.5, 0.6) is 0 Å². The Morgan fingerprint density at radius 1 is 1.20 bits per heavy atom. The van der Waals surface area contributed by atoms with Gasteiger partial charge in [0.25, 0.3) is 0 Å². The zero-order valence-electron chi connectivity index (χ0n) is 7.91. The molecule has 2 aromatic rings. The Bertz CT molecular complexity index is 561. The van der Waals surface area contributed by atoms with Crippen LogP contribution in [0.4, 0.5) is 0 Å². The molecule has 1 heterocycles. The maximum absolute atomic E-state index is 11.2. The average molecular weight is 240 g/mol. The molecule has 0 aliphatic rings. The van der Waals surface area contributed by atoms with E-state index >= 15 is 0 Å². The highest BCUT2D eigenvalue weighted by Crippen LogP contribution is 2.20. The Morgan fingerprint density at radius 2 is 1.87 bits per heavy atom. The summed E-state index contributed by atoms with van der Waals surface area (Å²) in [7, 11) is -3.25. The third-order valence-corrected chi connectivity index (χ3v) is 4.13. The van der Waals surface area contributed by atoms with Crippen LogP contribution in [0.2, 0.25) is 0 Å². The number of nitrogens with zero attached hydrogens (tertiary/aromatic N) is 2. The van der Waals surface area contributed by atoms with Crippen LogP contribution >= 0.6 is 11.5 Å². The van der Waals surface area contributed by atoms with Crippen LogP contribution in [-0.4, -0.2) is 24.0 Å². The molecule has 0 fully saturated rings. The molecule has 0 amide bonds. The summed E-state index contributed by atoms with van der Waals surface area (Å²) in [5, 5.41) is 0. The maximum atomic E-state index is 11.2. The Kier molecular flexibility index (Phi) is 2.54. The highest BCUT2D eigenvalue weighted by atomic mass is 32.2. The van der Waals surface area contributed by atoms with Gasteiger partial charge < -0.3 is 0 Å². The molecule has 0 atom stereocenters. The molecule has 1 aromatic carbocycles. The Labute approximate surface area is 91.7 Å². The fourth-order valence-corrected chi connectivity index (χ4v) is 2.41. The third kappa shape index (κ3) is 2.21. The van der Waals surface area contributed by atoms with E-state index in [1.165, 1.54) is 0 Å². The minimum absolute atomic E-state index is 0.0568. The molecule has 0 aliphatic heterocycles. The van der Waals surface area contributed by atoms with Gasteiger partial charge in [0.15, 0.2) is 5.82 Å². The first-order valence-electron chi connectivity index (χ1n) is 4.16. The second-order valence-corrected chi connectivity index (χ2v) is 5.96. The number of hydrogen-bond donors (Lipinski definition) is 0. The highest BCUT2D eigenvalue weighted by Gasteiger charge is 2.14. The van der Waals surface area contributed by atoms with Gasteiger partial charge in [0.1, 0.15) is 0 Å². The average Bonchev–Trinajstić information content (AvgIpc) is 2.67. The second-order valence-electron chi connectivity index (χ2n) is 3.02. The molecule has 78 valence electrons. The molecule has 4 nitrogen and oxygen atoms in total. The lowest BCUT2D eigenvalue weighted by atomic mass is 10.2. The Morgan fingerprint density at radius 3 is 2.40 bits per heavy atom. The van der Waals surface area contributed by atoms with Gasteiger partial charge in [-0.05, 0) is 11.5 Å². The fraction of sp³-hybridized carbons (Fsp3) is 0.111. The lowest BCUT2D eigenvalue weighted by Gasteiger charge is -1.91. The van der Waals surface area contributed by atoms with Gasteiger partial charge >= 0.3 is 0 Å². The van der Waals surface area contributed by atoms with Gasteiger partial charge in [-0.25, -0.2) is 13.4 Å². The van der Waals surface area contributed by atoms with E-state index in [2.05, 4.69) is 9.36 Å². The van der Waals surface area contributed by atoms with Crippen LogP contribution in [0.25, 0.3) is 11.4 Å². The van der Waals surface area contributed by atoms with Crippen LogP contribution < -0.4 is 0 Å². The smallest absolute Gasteiger partial charge is 0.221 e. The van der Waals surface area contributed by atoms with E-state index in [9.17, 15) is 8.42 Å². The lowest BCUT2D eigenvalue weighted by Crippen LogP contribution is -1.95. The summed E-state index contributed by atoms with van der Waals surface area (Å²) in [6, 6.07) is 9.28. The number of aromatic nitrogens is 2. The quantitative estimate of drug-likeness (QED) is 0.800. The monoisotopic (exact) mass is 240 g/mol. The van der Waals surface area contributed by atoms with Crippen molar-refractivity contribution < 1.29 is 8.42 Å². The van der Waals surface area contributed by atoms with Gasteiger partial charge in [-0.15, -0.1) is 0 Å². The molecular formula is C9H8N2O2S2. The van der Waals surface area contributed by atoms with E-state index in [1.54, 1.807) is 0 Å². The zero-order valence-corrected chi connectivity index (χ0v) is 9.55. The van der Waals surface area contributed by atoms with Gasteiger partial charge in [0.2, 0.25) is 14.2 Å². The van der Waals surface area contributed by atoms with Crippen LogP contribution in [0, 0.1) is 0 Å². The molecular weight excluding hydrogens is 232 g/mol. The first-order valence-corrected chi connectivity index (χ1v) is 6.83. The van der Waals surface area contributed by atoms with Gasteiger partial charge in [0, 0.05) is 11.8 Å². The first kappa shape index (κ1) is 10.3. The van der Waals surface area contributed by atoms with Crippen molar-refractivity contribution in [2.75, 3.05) is 6.26 Å². The maximum Gasteiger partial charge on any atom is 0.228 e. The van der Waals surface area contributed by atoms with Gasteiger partial charge in [0.05, 0.1) is 0 Å². The van der Waals surface area contributed by atoms with E-state index in [0.717, 1.165) is 23.4 Å². The van der Waals surface area contributed by atoms with E-state index < -0.39 is 9.84 Å². The summed E-state index contributed by atoms with van der Waals surface area (Å²) < 4.78 is 26.4. The third-order valence-electron chi connectivity index (χ3n) is 1.76. The molecule has 0 unspecified atom stereocenters. The topological polar surface area (TPSA) is 59.9 Å². The van der Waals surface area contributed by atoms with Crippen LogP contribution in [0.3, 0.4) is 0 Å². The van der Waals surface area contributed by atoms with E-state index in [4.69, 9.17) is 0 Å². The van der Waals surface area contributed by atoms with E-state index in [0.29, 0.717) is 5.82 Å². The summed E-state index contributed by atoms with van der Waals surface area (Å²) in [5.41, 5.74) is 0.823. The van der Waals surface area contributed by atoms with Crippen LogP contribution in [-0.2, 0) is 9.84 Å². The largest absolute Gasteiger partial charge is 0.228 e. The molecule has 15 heavy (non-hydrogen) atoms. The van der Waals surface area contributed by atoms with Gasteiger partial charge in [-0.1, -0.05) is 30.3 Å². The SMILES string of the molecule is CS(=O)(=O)c1nc(-c2ccccc2)ns1. The molecule has 0 bridgehead atoms. The van der Waals surface area contributed by atoms with Crippen molar-refractivity contribution in [1.29, 1.82) is 0 Å². The molecule has 0 spiro atoms. The number of hydrogen-bond acceptors (Lipinski definition) is 5. The minimum Gasteiger partial charge on any atom is -0.221 e.